The molecule has 3 nitrogen and oxygen atoms in total. The van der Waals surface area contributed by atoms with E-state index in [-0.39, 0.29) is 10.3 Å². The highest BCUT2D eigenvalue weighted by atomic mass is 35.5. The van der Waals surface area contributed by atoms with Crippen LogP contribution in [0.1, 0.15) is 11.1 Å². The van der Waals surface area contributed by atoms with E-state index in [1.54, 1.807) is 17.0 Å². The molecule has 114 valence electrons. The van der Waals surface area contributed by atoms with Gasteiger partial charge in [-0.1, -0.05) is 35.3 Å². The Hall–Kier alpha value is -1.79. The van der Waals surface area contributed by atoms with Crippen molar-refractivity contribution in [1.29, 1.82) is 0 Å². The number of hydrogen-bond donors (Lipinski definition) is 0. The van der Waals surface area contributed by atoms with Crippen molar-refractivity contribution < 1.29 is 13.2 Å². The second kappa shape index (κ2) is 5.44. The Morgan fingerprint density at radius 2 is 1.77 bits per heavy atom. The number of halogens is 5. The Labute approximate surface area is 133 Å². The number of aromatic nitrogens is 3. The summed E-state index contributed by atoms with van der Waals surface area (Å²) in [5, 5.41) is 0.434. The van der Waals surface area contributed by atoms with Gasteiger partial charge < -0.3 is 4.57 Å². The summed E-state index contributed by atoms with van der Waals surface area (Å²) >= 11 is 11.9. The van der Waals surface area contributed by atoms with E-state index in [0.29, 0.717) is 23.1 Å². The van der Waals surface area contributed by atoms with Crippen molar-refractivity contribution in [2.45, 2.75) is 12.7 Å². The third-order valence-electron chi connectivity index (χ3n) is 3.16. The molecule has 0 unspecified atom stereocenters. The lowest BCUT2D eigenvalue weighted by atomic mass is 10.1. The van der Waals surface area contributed by atoms with Crippen molar-refractivity contribution in [3.8, 4) is 0 Å². The maximum atomic E-state index is 12.5. The van der Waals surface area contributed by atoms with Crippen molar-refractivity contribution in [3.63, 3.8) is 0 Å². The van der Waals surface area contributed by atoms with Crippen LogP contribution in [0.4, 0.5) is 13.2 Å². The van der Waals surface area contributed by atoms with E-state index in [2.05, 4.69) is 9.97 Å². The normalized spacial score (nSPS) is 12.0. The van der Waals surface area contributed by atoms with Crippen LogP contribution in [0.15, 0.2) is 36.7 Å². The zero-order valence-corrected chi connectivity index (χ0v) is 12.4. The van der Waals surface area contributed by atoms with Gasteiger partial charge in [-0.15, -0.1) is 0 Å². The molecule has 0 saturated heterocycles. The average Bonchev–Trinajstić information content (AvgIpc) is 2.81. The smallest absolute Gasteiger partial charge is 0.324 e. The van der Waals surface area contributed by atoms with Gasteiger partial charge in [-0.2, -0.15) is 13.2 Å². The van der Waals surface area contributed by atoms with E-state index >= 15 is 0 Å². The van der Waals surface area contributed by atoms with Crippen LogP contribution in [0.5, 0.6) is 0 Å². The molecule has 0 aliphatic rings. The minimum Gasteiger partial charge on any atom is -0.324 e. The van der Waals surface area contributed by atoms with Gasteiger partial charge >= 0.3 is 6.18 Å². The highest BCUT2D eigenvalue weighted by Crippen LogP contribution is 2.29. The van der Waals surface area contributed by atoms with Crippen molar-refractivity contribution in [2.24, 2.45) is 0 Å². The van der Waals surface area contributed by atoms with Gasteiger partial charge in [0.25, 0.3) is 0 Å². The van der Waals surface area contributed by atoms with Gasteiger partial charge in [-0.3, -0.25) is 0 Å². The van der Waals surface area contributed by atoms with Gasteiger partial charge in [0.1, 0.15) is 10.7 Å². The lowest BCUT2D eigenvalue weighted by Gasteiger charge is -2.09. The second-order valence-electron chi connectivity index (χ2n) is 4.67. The summed E-state index contributed by atoms with van der Waals surface area (Å²) in [5.74, 6) is 0. The number of benzene rings is 1. The number of hydrogen-bond acceptors (Lipinski definition) is 2. The minimum absolute atomic E-state index is 0.201. The molecule has 0 radical (unpaired) electrons. The minimum atomic E-state index is -4.34. The average molecular weight is 346 g/mol. The number of rotatable bonds is 2. The highest BCUT2D eigenvalue weighted by molar-refractivity contribution is 6.36. The molecular formula is C14H8Cl2F3N3. The Kier molecular flexibility index (Phi) is 3.74. The van der Waals surface area contributed by atoms with E-state index in [1.165, 1.54) is 12.1 Å². The predicted molar refractivity (Wildman–Crippen MR) is 78.1 cm³/mol. The largest absolute Gasteiger partial charge is 0.416 e. The first-order chi connectivity index (χ1) is 10.3. The summed E-state index contributed by atoms with van der Waals surface area (Å²) in [6.45, 7) is 0.331. The fraction of sp³-hybridized carbons (Fsp3) is 0.143. The third-order valence-corrected chi connectivity index (χ3v) is 3.61. The van der Waals surface area contributed by atoms with E-state index in [9.17, 15) is 13.2 Å². The number of alkyl halides is 3. The molecule has 0 bridgehead atoms. The van der Waals surface area contributed by atoms with E-state index in [4.69, 9.17) is 23.2 Å². The molecule has 1 aromatic carbocycles. The summed E-state index contributed by atoms with van der Waals surface area (Å²) in [5.41, 5.74) is 1.18. The molecule has 0 amide bonds. The first-order valence-corrected chi connectivity index (χ1v) is 6.93. The van der Waals surface area contributed by atoms with Crippen molar-refractivity contribution in [3.05, 3.63) is 58.1 Å². The molecular weight excluding hydrogens is 338 g/mol. The molecule has 8 heteroatoms. The Bertz CT molecular complexity index is 826. The molecule has 0 aliphatic heterocycles. The standard InChI is InChI=1S/C14H8Cl2F3N3/c15-11-5-10-12(13(16)21-11)22(7-20-10)6-8-1-3-9(4-2-8)14(17,18)19/h1-5,7H,6H2. The zero-order valence-electron chi connectivity index (χ0n) is 10.9. The maximum absolute atomic E-state index is 12.5. The third kappa shape index (κ3) is 2.89. The summed E-state index contributed by atoms with van der Waals surface area (Å²) in [6, 6.07) is 6.51. The fourth-order valence-corrected chi connectivity index (χ4v) is 2.66. The maximum Gasteiger partial charge on any atom is 0.416 e. The van der Waals surface area contributed by atoms with Crippen LogP contribution in [-0.2, 0) is 12.7 Å². The lowest BCUT2D eigenvalue weighted by molar-refractivity contribution is -0.137. The van der Waals surface area contributed by atoms with Crippen molar-refractivity contribution in [1.82, 2.24) is 14.5 Å². The van der Waals surface area contributed by atoms with Gasteiger partial charge in [0, 0.05) is 12.6 Å². The van der Waals surface area contributed by atoms with Gasteiger partial charge in [0.05, 0.1) is 17.4 Å². The lowest BCUT2D eigenvalue weighted by Crippen LogP contribution is -2.05. The molecule has 0 spiro atoms. The van der Waals surface area contributed by atoms with Crippen LogP contribution in [-0.4, -0.2) is 14.5 Å². The van der Waals surface area contributed by atoms with E-state index in [1.807, 2.05) is 0 Å². The van der Waals surface area contributed by atoms with Gasteiger partial charge in [-0.05, 0) is 17.7 Å². The predicted octanol–water partition coefficient (Wildman–Crippen LogP) is 4.81. The number of nitrogens with zero attached hydrogens (tertiary/aromatic N) is 3. The molecule has 0 atom stereocenters. The van der Waals surface area contributed by atoms with Gasteiger partial charge in [0.15, 0.2) is 5.15 Å². The summed E-state index contributed by atoms with van der Waals surface area (Å²) in [7, 11) is 0. The molecule has 22 heavy (non-hydrogen) atoms. The fourth-order valence-electron chi connectivity index (χ4n) is 2.14. The molecule has 0 saturated carbocycles. The van der Waals surface area contributed by atoms with E-state index < -0.39 is 11.7 Å². The molecule has 2 heterocycles. The van der Waals surface area contributed by atoms with Crippen LogP contribution in [0, 0.1) is 0 Å². The topological polar surface area (TPSA) is 30.7 Å². The number of pyridine rings is 1. The van der Waals surface area contributed by atoms with Crippen LogP contribution in [0.25, 0.3) is 11.0 Å². The van der Waals surface area contributed by atoms with Crippen LogP contribution in [0.3, 0.4) is 0 Å². The number of fused-ring (bicyclic) bond motifs is 1. The van der Waals surface area contributed by atoms with Crippen molar-refractivity contribution >= 4 is 34.2 Å². The quantitative estimate of drug-likeness (QED) is 0.624. The molecule has 3 rings (SSSR count). The summed E-state index contributed by atoms with van der Waals surface area (Å²) in [4.78, 5) is 8.11. The Balaban J connectivity index is 1.94. The SMILES string of the molecule is FC(F)(F)c1ccc(Cn2cnc3cc(Cl)nc(Cl)c32)cc1. The first kappa shape index (κ1) is 15.1. The van der Waals surface area contributed by atoms with Crippen LogP contribution in [0.2, 0.25) is 10.3 Å². The second-order valence-corrected chi connectivity index (χ2v) is 5.42. The summed E-state index contributed by atoms with van der Waals surface area (Å²) < 4.78 is 39.3. The number of imidazole rings is 1. The molecule has 2 aromatic heterocycles. The van der Waals surface area contributed by atoms with Gasteiger partial charge in [0.2, 0.25) is 0 Å². The Morgan fingerprint density at radius 1 is 1.09 bits per heavy atom. The molecule has 3 aromatic rings. The monoisotopic (exact) mass is 345 g/mol. The van der Waals surface area contributed by atoms with Gasteiger partial charge in [-0.25, -0.2) is 9.97 Å². The molecule has 0 aliphatic carbocycles. The molecule has 0 N–H and O–H groups in total. The van der Waals surface area contributed by atoms with Crippen LogP contribution < -0.4 is 0 Å². The summed E-state index contributed by atoms with van der Waals surface area (Å²) in [6.07, 6.45) is -2.80. The molecule has 0 fully saturated rings. The van der Waals surface area contributed by atoms with Crippen molar-refractivity contribution in [2.75, 3.05) is 0 Å². The zero-order chi connectivity index (χ0) is 15.9. The van der Waals surface area contributed by atoms with E-state index in [0.717, 1.165) is 12.1 Å². The highest BCUT2D eigenvalue weighted by Gasteiger charge is 2.29. The van der Waals surface area contributed by atoms with Crippen LogP contribution >= 0.6 is 23.2 Å². The first-order valence-electron chi connectivity index (χ1n) is 6.17. The Morgan fingerprint density at radius 3 is 2.41 bits per heavy atom.